The van der Waals surface area contributed by atoms with Crippen LogP contribution in [0.5, 0.6) is 0 Å². The minimum atomic E-state index is -0.749. The normalized spacial score (nSPS) is 13.4. The molecule has 0 aliphatic carbocycles. The highest BCUT2D eigenvalue weighted by molar-refractivity contribution is 7.97. The van der Waals surface area contributed by atoms with Crippen LogP contribution in [0.4, 0.5) is 4.39 Å². The van der Waals surface area contributed by atoms with E-state index in [1.165, 1.54) is 6.08 Å². The topological polar surface area (TPSA) is 67.3 Å². The third-order valence-electron chi connectivity index (χ3n) is 4.06. The third kappa shape index (κ3) is 5.80. The van der Waals surface area contributed by atoms with Crippen molar-refractivity contribution in [3.8, 4) is 0 Å². The molecular weight excluding hydrogens is 387 g/mol. The lowest BCUT2D eigenvalue weighted by Gasteiger charge is -2.12. The summed E-state index contributed by atoms with van der Waals surface area (Å²) in [4.78, 5) is 0.975. The molecule has 1 heterocycles. The molecule has 0 saturated heterocycles. The molecule has 0 saturated carbocycles. The number of benzene rings is 1. The van der Waals surface area contributed by atoms with Gasteiger partial charge in [0.15, 0.2) is 0 Å². The SMILES string of the molecule is Cc1c(Cc2ccc(SN(C)C)c(Cl)c2)c(C(C)O)nn1C/C(F)=C/CN. The van der Waals surface area contributed by atoms with Crippen molar-refractivity contribution in [1.29, 1.82) is 0 Å². The van der Waals surface area contributed by atoms with E-state index in [1.54, 1.807) is 23.6 Å². The van der Waals surface area contributed by atoms with E-state index in [1.807, 2.05) is 43.5 Å². The zero-order valence-corrected chi connectivity index (χ0v) is 17.6. The van der Waals surface area contributed by atoms with Gasteiger partial charge in [-0.25, -0.2) is 4.39 Å². The van der Waals surface area contributed by atoms with Gasteiger partial charge in [0.25, 0.3) is 0 Å². The highest BCUT2D eigenvalue weighted by atomic mass is 35.5. The first kappa shape index (κ1) is 21.9. The third-order valence-corrected chi connectivity index (χ3v) is 5.40. The van der Waals surface area contributed by atoms with Crippen LogP contribution in [0.2, 0.25) is 5.02 Å². The number of hydrogen-bond donors (Lipinski definition) is 2. The van der Waals surface area contributed by atoms with Crippen LogP contribution in [0.15, 0.2) is 35.0 Å². The van der Waals surface area contributed by atoms with Crippen LogP contribution in [-0.2, 0) is 13.0 Å². The van der Waals surface area contributed by atoms with E-state index in [0.717, 1.165) is 21.7 Å². The fourth-order valence-electron chi connectivity index (χ4n) is 2.78. The van der Waals surface area contributed by atoms with Crippen molar-refractivity contribution in [3.63, 3.8) is 0 Å². The van der Waals surface area contributed by atoms with Gasteiger partial charge in [0.05, 0.1) is 23.4 Å². The Bertz CT molecular complexity index is 820. The van der Waals surface area contributed by atoms with E-state index in [2.05, 4.69) is 5.10 Å². The number of nitrogens with zero attached hydrogens (tertiary/aromatic N) is 3. The Balaban J connectivity index is 2.33. The molecule has 1 aromatic heterocycles. The second-order valence-electron chi connectivity index (χ2n) is 6.51. The maximum absolute atomic E-state index is 13.9. The average Bonchev–Trinajstić information content (AvgIpc) is 2.87. The van der Waals surface area contributed by atoms with Gasteiger partial charge in [-0.15, -0.1) is 0 Å². The molecule has 0 fully saturated rings. The van der Waals surface area contributed by atoms with Gasteiger partial charge in [0.2, 0.25) is 0 Å². The molecule has 0 amide bonds. The molecule has 8 heteroatoms. The van der Waals surface area contributed by atoms with E-state index >= 15 is 0 Å². The van der Waals surface area contributed by atoms with Gasteiger partial charge in [0, 0.05) is 29.1 Å². The summed E-state index contributed by atoms with van der Waals surface area (Å²) in [7, 11) is 3.92. The van der Waals surface area contributed by atoms with Crippen molar-refractivity contribution >= 4 is 23.5 Å². The lowest BCUT2D eigenvalue weighted by molar-refractivity contribution is 0.192. The summed E-state index contributed by atoms with van der Waals surface area (Å²) in [5.74, 6) is -0.347. The van der Waals surface area contributed by atoms with Crippen molar-refractivity contribution in [2.24, 2.45) is 5.73 Å². The summed E-state index contributed by atoms with van der Waals surface area (Å²) >= 11 is 7.96. The molecule has 0 radical (unpaired) electrons. The van der Waals surface area contributed by atoms with Gasteiger partial charge in [0.1, 0.15) is 5.83 Å². The number of hydrogen-bond acceptors (Lipinski definition) is 5. The number of aromatic nitrogens is 2. The number of nitrogens with two attached hydrogens (primary N) is 1. The molecule has 2 aromatic rings. The first-order valence-corrected chi connectivity index (χ1v) is 9.80. The first-order chi connectivity index (χ1) is 12.7. The van der Waals surface area contributed by atoms with Gasteiger partial charge in [-0.05, 0) is 63.7 Å². The summed E-state index contributed by atoms with van der Waals surface area (Å²) in [6, 6.07) is 5.91. The van der Waals surface area contributed by atoms with Crippen molar-refractivity contribution < 1.29 is 9.50 Å². The number of allylic oxidation sites excluding steroid dienone is 1. The molecule has 5 nitrogen and oxygen atoms in total. The van der Waals surface area contributed by atoms with Crippen molar-refractivity contribution in [2.75, 3.05) is 20.6 Å². The van der Waals surface area contributed by atoms with E-state index in [4.69, 9.17) is 17.3 Å². The van der Waals surface area contributed by atoms with E-state index < -0.39 is 6.10 Å². The number of aliphatic hydroxyl groups is 1. The second kappa shape index (κ2) is 9.71. The Morgan fingerprint density at radius 1 is 1.48 bits per heavy atom. The molecule has 0 aliphatic heterocycles. The quantitative estimate of drug-likeness (QED) is 0.644. The standard InChI is InChI=1S/C19H26ClFN4OS/c1-12-16(9-14-5-6-18(17(20)10-14)27-24(3)4)19(13(2)26)23-25(12)11-15(21)7-8-22/h5-7,10,13,26H,8-9,11,22H2,1-4H3/b15-7-. The van der Waals surface area contributed by atoms with Crippen molar-refractivity contribution in [1.82, 2.24) is 14.1 Å². The zero-order valence-electron chi connectivity index (χ0n) is 16.0. The molecule has 1 aromatic carbocycles. The summed E-state index contributed by atoms with van der Waals surface area (Å²) in [6.45, 7) is 3.67. The molecule has 3 N–H and O–H groups in total. The van der Waals surface area contributed by atoms with Crippen LogP contribution in [0.3, 0.4) is 0 Å². The van der Waals surface area contributed by atoms with Crippen LogP contribution in [0.25, 0.3) is 0 Å². The average molecular weight is 413 g/mol. The summed E-state index contributed by atoms with van der Waals surface area (Å²) in [6.07, 6.45) is 1.13. The predicted molar refractivity (Wildman–Crippen MR) is 110 cm³/mol. The molecular formula is C19H26ClFN4OS. The molecule has 0 spiro atoms. The number of halogens is 2. The summed E-state index contributed by atoms with van der Waals surface area (Å²) < 4.78 is 17.4. The minimum Gasteiger partial charge on any atom is -0.387 e. The maximum atomic E-state index is 13.9. The molecule has 1 unspecified atom stereocenters. The Morgan fingerprint density at radius 2 is 2.19 bits per heavy atom. The van der Waals surface area contributed by atoms with Crippen LogP contribution in [0.1, 0.15) is 35.5 Å². The van der Waals surface area contributed by atoms with Crippen molar-refractivity contribution in [2.45, 2.75) is 37.8 Å². The zero-order chi connectivity index (χ0) is 20.1. The largest absolute Gasteiger partial charge is 0.387 e. The summed E-state index contributed by atoms with van der Waals surface area (Å²) in [5, 5.41) is 15.2. The Kier molecular flexibility index (Phi) is 7.88. The Hall–Kier alpha value is -1.38. The number of rotatable bonds is 8. The molecule has 0 bridgehead atoms. The molecule has 1 atom stereocenters. The predicted octanol–water partition coefficient (Wildman–Crippen LogP) is 3.87. The first-order valence-electron chi connectivity index (χ1n) is 8.65. The fraction of sp³-hybridized carbons (Fsp3) is 0.421. The van der Waals surface area contributed by atoms with E-state index in [-0.39, 0.29) is 18.9 Å². The lowest BCUT2D eigenvalue weighted by atomic mass is 10.0. The minimum absolute atomic E-state index is 0.00191. The van der Waals surface area contributed by atoms with Gasteiger partial charge < -0.3 is 10.8 Å². The van der Waals surface area contributed by atoms with E-state index in [0.29, 0.717) is 17.1 Å². The lowest BCUT2D eigenvalue weighted by Crippen LogP contribution is -2.05. The molecule has 148 valence electrons. The summed E-state index contributed by atoms with van der Waals surface area (Å²) in [5.41, 5.74) is 8.61. The molecule has 2 rings (SSSR count). The monoisotopic (exact) mass is 412 g/mol. The van der Waals surface area contributed by atoms with Crippen LogP contribution >= 0.6 is 23.5 Å². The number of aliphatic hydroxyl groups excluding tert-OH is 1. The van der Waals surface area contributed by atoms with Gasteiger partial charge in [-0.3, -0.25) is 8.99 Å². The smallest absolute Gasteiger partial charge is 0.119 e. The molecule has 0 aliphatic rings. The van der Waals surface area contributed by atoms with Crippen LogP contribution in [0, 0.1) is 6.92 Å². The van der Waals surface area contributed by atoms with Crippen LogP contribution < -0.4 is 5.73 Å². The van der Waals surface area contributed by atoms with Crippen LogP contribution in [-0.4, -0.2) is 39.8 Å². The van der Waals surface area contributed by atoms with E-state index in [9.17, 15) is 9.50 Å². The molecule has 27 heavy (non-hydrogen) atoms. The van der Waals surface area contributed by atoms with Gasteiger partial charge in [-0.1, -0.05) is 17.7 Å². The van der Waals surface area contributed by atoms with Gasteiger partial charge in [-0.2, -0.15) is 5.10 Å². The Morgan fingerprint density at radius 3 is 2.74 bits per heavy atom. The van der Waals surface area contributed by atoms with Gasteiger partial charge >= 0.3 is 0 Å². The highest BCUT2D eigenvalue weighted by Crippen LogP contribution is 2.31. The second-order valence-corrected chi connectivity index (χ2v) is 8.27. The van der Waals surface area contributed by atoms with Crippen molar-refractivity contribution in [3.05, 3.63) is 57.6 Å². The maximum Gasteiger partial charge on any atom is 0.119 e. The fourth-order valence-corrected chi connectivity index (χ4v) is 3.75. The Labute approximate surface area is 169 Å². The highest BCUT2D eigenvalue weighted by Gasteiger charge is 2.19.